The molecule has 1 aromatic rings. The summed E-state index contributed by atoms with van der Waals surface area (Å²) in [5, 5.41) is 24.7. The molecule has 0 radical (unpaired) electrons. The number of ether oxygens (including phenoxy) is 1. The highest BCUT2D eigenvalue weighted by Crippen LogP contribution is 2.22. The fourth-order valence-electron chi connectivity index (χ4n) is 2.16. The monoisotopic (exact) mass is 280 g/mol. The van der Waals surface area contributed by atoms with E-state index in [4.69, 9.17) is 9.84 Å². The molecule has 2 rings (SSSR count). The van der Waals surface area contributed by atoms with Crippen molar-refractivity contribution in [1.82, 2.24) is 10.6 Å². The van der Waals surface area contributed by atoms with Crippen LogP contribution in [0.2, 0.25) is 0 Å². The number of nitrogens with one attached hydrogen (secondary N) is 2. The summed E-state index contributed by atoms with van der Waals surface area (Å²) in [5.74, 6) is -0.688. The van der Waals surface area contributed by atoms with Crippen molar-refractivity contribution < 1.29 is 19.7 Å². The molecule has 0 aliphatic carbocycles. The van der Waals surface area contributed by atoms with Gasteiger partial charge in [-0.2, -0.15) is 0 Å². The topological polar surface area (TPSA) is 90.8 Å². The highest BCUT2D eigenvalue weighted by atomic mass is 16.5. The molecule has 1 saturated heterocycles. The average Bonchev–Trinajstić information content (AvgIpc) is 2.44. The molecule has 1 aliphatic rings. The average molecular weight is 280 g/mol. The van der Waals surface area contributed by atoms with Crippen LogP contribution in [0.5, 0.6) is 11.5 Å². The lowest BCUT2D eigenvalue weighted by molar-refractivity contribution is 0.0343. The van der Waals surface area contributed by atoms with Gasteiger partial charge in [0.15, 0.2) is 0 Å². The van der Waals surface area contributed by atoms with E-state index in [0.29, 0.717) is 13.2 Å². The highest BCUT2D eigenvalue weighted by molar-refractivity contribution is 5.96. The largest absolute Gasteiger partial charge is 0.508 e. The number of phenolic OH excluding ortho intramolecular Hbond substituents is 2. The van der Waals surface area contributed by atoms with E-state index >= 15 is 0 Å². The van der Waals surface area contributed by atoms with Gasteiger partial charge in [-0.3, -0.25) is 4.79 Å². The van der Waals surface area contributed by atoms with Crippen molar-refractivity contribution in [3.63, 3.8) is 0 Å². The normalized spacial score (nSPS) is 16.0. The minimum atomic E-state index is -0.378. The minimum absolute atomic E-state index is 0.0757. The molecule has 0 aromatic heterocycles. The Bertz CT molecular complexity index is 458. The molecular formula is C14H20N2O4. The van der Waals surface area contributed by atoms with Crippen LogP contribution in [0.4, 0.5) is 0 Å². The van der Waals surface area contributed by atoms with Crippen molar-refractivity contribution in [1.29, 1.82) is 0 Å². The van der Waals surface area contributed by atoms with Gasteiger partial charge in [-0.25, -0.2) is 0 Å². The quantitative estimate of drug-likeness (QED) is 0.593. The molecule has 110 valence electrons. The third-order valence-corrected chi connectivity index (χ3v) is 3.25. The molecule has 0 spiro atoms. The van der Waals surface area contributed by atoms with E-state index in [1.54, 1.807) is 0 Å². The molecule has 1 aliphatic heterocycles. The van der Waals surface area contributed by atoms with Gasteiger partial charge in [-0.15, -0.1) is 0 Å². The van der Waals surface area contributed by atoms with Crippen LogP contribution in [0.25, 0.3) is 0 Å². The smallest absolute Gasteiger partial charge is 0.255 e. The third-order valence-electron chi connectivity index (χ3n) is 3.25. The molecule has 1 heterocycles. The predicted octanol–water partition coefficient (Wildman–Crippen LogP) is 0.596. The Morgan fingerprint density at radius 1 is 1.35 bits per heavy atom. The molecule has 6 heteroatoms. The molecule has 0 unspecified atom stereocenters. The van der Waals surface area contributed by atoms with Gasteiger partial charge < -0.3 is 25.6 Å². The van der Waals surface area contributed by atoms with Crippen molar-refractivity contribution >= 4 is 5.91 Å². The Hall–Kier alpha value is -1.79. The van der Waals surface area contributed by atoms with Gasteiger partial charge in [0.05, 0.1) is 18.3 Å². The van der Waals surface area contributed by atoms with Crippen molar-refractivity contribution in [3.05, 3.63) is 23.8 Å². The first kappa shape index (κ1) is 14.6. The maximum absolute atomic E-state index is 11.8. The molecular weight excluding hydrogens is 260 g/mol. The molecule has 1 amide bonds. The van der Waals surface area contributed by atoms with Crippen molar-refractivity contribution in [2.24, 2.45) is 0 Å². The summed E-state index contributed by atoms with van der Waals surface area (Å²) in [6.45, 7) is 2.79. The first-order valence-electron chi connectivity index (χ1n) is 6.79. The number of rotatable bonds is 5. The summed E-state index contributed by atoms with van der Waals surface area (Å²) < 4.78 is 5.66. The lowest BCUT2D eigenvalue weighted by Crippen LogP contribution is -2.34. The Balaban J connectivity index is 1.72. The fraction of sp³-hybridized carbons (Fsp3) is 0.500. The number of phenols is 2. The van der Waals surface area contributed by atoms with Gasteiger partial charge in [0, 0.05) is 12.6 Å². The van der Waals surface area contributed by atoms with E-state index in [2.05, 4.69) is 10.6 Å². The summed E-state index contributed by atoms with van der Waals surface area (Å²) in [6, 6.07) is 3.88. The van der Waals surface area contributed by atoms with E-state index in [-0.39, 0.29) is 29.1 Å². The van der Waals surface area contributed by atoms with Gasteiger partial charge in [-0.05, 0) is 38.1 Å². The molecule has 0 bridgehead atoms. The number of carbonyl (C=O) groups excluding carboxylic acids is 1. The molecule has 20 heavy (non-hydrogen) atoms. The van der Waals surface area contributed by atoms with E-state index in [9.17, 15) is 9.90 Å². The van der Waals surface area contributed by atoms with Crippen molar-refractivity contribution in [3.8, 4) is 11.5 Å². The minimum Gasteiger partial charge on any atom is -0.508 e. The number of piperidine rings is 1. The summed E-state index contributed by atoms with van der Waals surface area (Å²) in [7, 11) is 0. The number of amides is 1. The van der Waals surface area contributed by atoms with Gasteiger partial charge in [0.25, 0.3) is 5.91 Å². The number of hydrogen-bond acceptors (Lipinski definition) is 5. The number of benzene rings is 1. The van der Waals surface area contributed by atoms with E-state index in [1.807, 2.05) is 0 Å². The van der Waals surface area contributed by atoms with Crippen LogP contribution >= 0.6 is 0 Å². The molecule has 0 saturated carbocycles. The van der Waals surface area contributed by atoms with Gasteiger partial charge in [0.1, 0.15) is 11.5 Å². The Morgan fingerprint density at radius 2 is 2.10 bits per heavy atom. The van der Waals surface area contributed by atoms with Crippen molar-refractivity contribution in [2.45, 2.75) is 18.9 Å². The van der Waals surface area contributed by atoms with E-state index < -0.39 is 0 Å². The summed E-state index contributed by atoms with van der Waals surface area (Å²) in [4.78, 5) is 11.8. The fourth-order valence-corrected chi connectivity index (χ4v) is 2.16. The van der Waals surface area contributed by atoms with Crippen molar-refractivity contribution in [2.75, 3.05) is 26.2 Å². The zero-order valence-electron chi connectivity index (χ0n) is 11.3. The molecule has 1 fully saturated rings. The summed E-state index contributed by atoms with van der Waals surface area (Å²) in [6.07, 6.45) is 2.24. The standard InChI is InChI=1S/C14H20N2O4/c17-10-1-2-12(13(18)9-10)14(19)16-7-8-20-11-3-5-15-6-4-11/h1-2,9,11,15,17-18H,3-8H2,(H,16,19). The number of aromatic hydroxyl groups is 2. The van der Waals surface area contributed by atoms with Crippen LogP contribution in [0.1, 0.15) is 23.2 Å². The Kier molecular flexibility index (Phi) is 5.20. The predicted molar refractivity (Wildman–Crippen MR) is 73.9 cm³/mol. The maximum atomic E-state index is 11.8. The van der Waals surface area contributed by atoms with Gasteiger partial charge >= 0.3 is 0 Å². The zero-order chi connectivity index (χ0) is 14.4. The van der Waals surface area contributed by atoms with Crippen LogP contribution in [0.15, 0.2) is 18.2 Å². The molecule has 6 nitrogen and oxygen atoms in total. The SMILES string of the molecule is O=C(NCCOC1CCNCC1)c1ccc(O)cc1O. The molecule has 4 N–H and O–H groups in total. The number of carbonyl (C=O) groups is 1. The molecule has 0 atom stereocenters. The second kappa shape index (κ2) is 7.12. The van der Waals surface area contributed by atoms with E-state index in [1.165, 1.54) is 12.1 Å². The van der Waals surface area contributed by atoms with Crippen LogP contribution in [0.3, 0.4) is 0 Å². The molecule has 1 aromatic carbocycles. The summed E-state index contributed by atoms with van der Waals surface area (Å²) >= 11 is 0. The first-order chi connectivity index (χ1) is 9.66. The lowest BCUT2D eigenvalue weighted by atomic mass is 10.1. The Morgan fingerprint density at radius 3 is 2.80 bits per heavy atom. The second-order valence-corrected chi connectivity index (χ2v) is 4.78. The van der Waals surface area contributed by atoms with Gasteiger partial charge in [-0.1, -0.05) is 0 Å². The van der Waals surface area contributed by atoms with E-state index in [0.717, 1.165) is 32.0 Å². The second-order valence-electron chi connectivity index (χ2n) is 4.78. The lowest BCUT2D eigenvalue weighted by Gasteiger charge is -2.22. The zero-order valence-corrected chi connectivity index (χ0v) is 11.3. The third kappa shape index (κ3) is 4.11. The maximum Gasteiger partial charge on any atom is 0.255 e. The Labute approximate surface area is 117 Å². The highest BCUT2D eigenvalue weighted by Gasteiger charge is 2.14. The van der Waals surface area contributed by atoms with Crippen LogP contribution < -0.4 is 10.6 Å². The number of hydrogen-bond donors (Lipinski definition) is 4. The van der Waals surface area contributed by atoms with Crippen LogP contribution in [0, 0.1) is 0 Å². The summed E-state index contributed by atoms with van der Waals surface area (Å²) in [5.41, 5.74) is 0.143. The first-order valence-corrected chi connectivity index (χ1v) is 6.79. The van der Waals surface area contributed by atoms with Crippen LogP contribution in [-0.4, -0.2) is 48.5 Å². The van der Waals surface area contributed by atoms with Gasteiger partial charge in [0.2, 0.25) is 0 Å². The van der Waals surface area contributed by atoms with Crippen LogP contribution in [-0.2, 0) is 4.74 Å².